The highest BCUT2D eigenvalue weighted by molar-refractivity contribution is 6.30. The average molecular weight is 439 g/mol. The van der Waals surface area contributed by atoms with Gasteiger partial charge in [0.1, 0.15) is 0 Å². The zero-order valence-corrected chi connectivity index (χ0v) is 17.2. The highest BCUT2D eigenvalue weighted by Gasteiger charge is 2.47. The van der Waals surface area contributed by atoms with E-state index in [2.05, 4.69) is 5.32 Å². The fourth-order valence-corrected chi connectivity index (χ4v) is 3.97. The molecule has 0 radical (unpaired) electrons. The van der Waals surface area contributed by atoms with Crippen molar-refractivity contribution in [2.24, 2.45) is 11.8 Å². The predicted molar refractivity (Wildman–Crippen MR) is 115 cm³/mol. The van der Waals surface area contributed by atoms with Gasteiger partial charge in [-0.25, -0.2) is 4.79 Å². The summed E-state index contributed by atoms with van der Waals surface area (Å²) >= 11 is 5.86. The summed E-state index contributed by atoms with van der Waals surface area (Å²) in [4.78, 5) is 50.7. The Bertz CT molecular complexity index is 1050. The van der Waals surface area contributed by atoms with Crippen LogP contribution in [0.1, 0.15) is 23.2 Å². The van der Waals surface area contributed by atoms with Gasteiger partial charge in [0.15, 0.2) is 6.61 Å². The highest BCUT2D eigenvalue weighted by Crippen LogP contribution is 2.37. The van der Waals surface area contributed by atoms with E-state index in [-0.39, 0.29) is 29.2 Å². The molecule has 8 heteroatoms. The van der Waals surface area contributed by atoms with Crippen LogP contribution in [0.2, 0.25) is 5.02 Å². The van der Waals surface area contributed by atoms with E-state index in [0.29, 0.717) is 29.2 Å². The number of imide groups is 1. The van der Waals surface area contributed by atoms with Crippen molar-refractivity contribution in [3.63, 3.8) is 0 Å². The molecule has 1 aliphatic heterocycles. The third kappa shape index (κ3) is 4.36. The number of esters is 1. The van der Waals surface area contributed by atoms with E-state index in [1.165, 1.54) is 29.2 Å². The predicted octanol–water partition coefficient (Wildman–Crippen LogP) is 3.59. The second kappa shape index (κ2) is 8.73. The molecule has 4 rings (SSSR count). The van der Waals surface area contributed by atoms with E-state index in [1.54, 1.807) is 24.3 Å². The quantitative estimate of drug-likeness (QED) is 0.437. The summed E-state index contributed by atoms with van der Waals surface area (Å²) in [5, 5.41) is 3.06. The van der Waals surface area contributed by atoms with Gasteiger partial charge in [-0.05, 0) is 55.3 Å². The Morgan fingerprint density at radius 1 is 1.00 bits per heavy atom. The summed E-state index contributed by atoms with van der Waals surface area (Å²) in [6, 6.07) is 12.6. The smallest absolute Gasteiger partial charge is 0.338 e. The number of carbonyl (C=O) groups is 4. The van der Waals surface area contributed by atoms with Crippen LogP contribution in [0.4, 0.5) is 11.4 Å². The van der Waals surface area contributed by atoms with E-state index in [1.807, 2.05) is 12.2 Å². The molecule has 2 aromatic carbocycles. The van der Waals surface area contributed by atoms with Crippen LogP contribution in [-0.4, -0.2) is 30.3 Å². The zero-order valence-electron chi connectivity index (χ0n) is 16.4. The van der Waals surface area contributed by atoms with Crippen molar-refractivity contribution < 1.29 is 23.9 Å². The summed E-state index contributed by atoms with van der Waals surface area (Å²) in [6.07, 6.45) is 4.98. The fraction of sp³-hybridized carbons (Fsp3) is 0.217. The van der Waals surface area contributed by atoms with Gasteiger partial charge in [0.2, 0.25) is 11.8 Å². The number of fused-ring (bicyclic) bond motifs is 1. The number of nitrogens with one attached hydrogen (secondary N) is 1. The maximum atomic E-state index is 12.6. The van der Waals surface area contributed by atoms with E-state index in [0.717, 1.165) is 0 Å². The standard InChI is InChI=1S/C23H19ClN2O5/c24-15-4-3-5-16(12-15)25-20(27)13-31-23(30)14-8-10-17(11-9-14)26-21(28)18-6-1-2-7-19(18)22(26)29/h1-5,8-12,18-19H,6-7,13H2,(H,25,27)/t18-,19-/m0/s1. The van der Waals surface area contributed by atoms with Crippen molar-refractivity contribution in [1.82, 2.24) is 0 Å². The normalized spacial score (nSPS) is 19.8. The summed E-state index contributed by atoms with van der Waals surface area (Å²) in [7, 11) is 0. The van der Waals surface area contributed by atoms with Gasteiger partial charge in [0.25, 0.3) is 5.91 Å². The first-order valence-electron chi connectivity index (χ1n) is 9.79. The molecule has 31 heavy (non-hydrogen) atoms. The largest absolute Gasteiger partial charge is 0.452 e. The minimum Gasteiger partial charge on any atom is -0.452 e. The Morgan fingerprint density at radius 2 is 1.65 bits per heavy atom. The number of hydrogen-bond donors (Lipinski definition) is 1. The molecular weight excluding hydrogens is 420 g/mol. The van der Waals surface area contributed by atoms with Gasteiger partial charge in [-0.15, -0.1) is 0 Å². The second-order valence-corrected chi connectivity index (χ2v) is 7.79. The van der Waals surface area contributed by atoms with E-state index >= 15 is 0 Å². The number of hydrogen-bond acceptors (Lipinski definition) is 5. The number of allylic oxidation sites excluding steroid dienone is 2. The topological polar surface area (TPSA) is 92.8 Å². The molecule has 0 bridgehead atoms. The van der Waals surface area contributed by atoms with Gasteiger partial charge in [-0.1, -0.05) is 29.8 Å². The molecule has 3 amide bonds. The van der Waals surface area contributed by atoms with Crippen molar-refractivity contribution in [2.45, 2.75) is 12.8 Å². The molecule has 1 saturated heterocycles. The van der Waals surface area contributed by atoms with Crippen LogP contribution in [-0.2, 0) is 19.1 Å². The number of amides is 3. The first kappa shape index (κ1) is 20.8. The summed E-state index contributed by atoms with van der Waals surface area (Å²) < 4.78 is 5.04. The fourth-order valence-electron chi connectivity index (χ4n) is 3.78. The van der Waals surface area contributed by atoms with Crippen LogP contribution in [0.5, 0.6) is 0 Å². The molecule has 0 saturated carbocycles. The van der Waals surface area contributed by atoms with Crippen LogP contribution < -0.4 is 10.2 Å². The minimum absolute atomic E-state index is 0.206. The van der Waals surface area contributed by atoms with Gasteiger partial charge < -0.3 is 10.1 Å². The minimum atomic E-state index is -0.690. The number of ether oxygens (including phenoxy) is 1. The lowest BCUT2D eigenvalue weighted by Crippen LogP contribution is -2.30. The molecule has 1 fully saturated rings. The lowest BCUT2D eigenvalue weighted by atomic mass is 9.85. The van der Waals surface area contributed by atoms with E-state index < -0.39 is 18.5 Å². The zero-order chi connectivity index (χ0) is 22.0. The van der Waals surface area contributed by atoms with Crippen molar-refractivity contribution in [3.05, 3.63) is 71.3 Å². The van der Waals surface area contributed by atoms with E-state index in [4.69, 9.17) is 16.3 Å². The molecule has 0 aromatic heterocycles. The number of carbonyl (C=O) groups excluding carboxylic acids is 4. The number of benzene rings is 2. The van der Waals surface area contributed by atoms with Gasteiger partial charge in [0, 0.05) is 10.7 Å². The number of halogens is 1. The van der Waals surface area contributed by atoms with Crippen LogP contribution in [0.25, 0.3) is 0 Å². The molecule has 158 valence electrons. The van der Waals surface area contributed by atoms with Crippen molar-refractivity contribution in [1.29, 1.82) is 0 Å². The lowest BCUT2D eigenvalue weighted by Gasteiger charge is -2.15. The Balaban J connectivity index is 1.36. The maximum Gasteiger partial charge on any atom is 0.338 e. The Labute approximate surface area is 183 Å². The van der Waals surface area contributed by atoms with Crippen molar-refractivity contribution >= 4 is 46.7 Å². The number of nitrogens with zero attached hydrogens (tertiary/aromatic N) is 1. The number of anilines is 2. The molecule has 2 aliphatic rings. The second-order valence-electron chi connectivity index (χ2n) is 7.35. The molecule has 0 spiro atoms. The van der Waals surface area contributed by atoms with E-state index in [9.17, 15) is 19.2 Å². The third-order valence-electron chi connectivity index (χ3n) is 5.31. The first-order valence-corrected chi connectivity index (χ1v) is 10.2. The molecule has 2 atom stereocenters. The van der Waals surface area contributed by atoms with Gasteiger partial charge in [-0.2, -0.15) is 0 Å². The highest BCUT2D eigenvalue weighted by atomic mass is 35.5. The van der Waals surface area contributed by atoms with Gasteiger partial charge in [0.05, 0.1) is 23.1 Å². The lowest BCUT2D eigenvalue weighted by molar-refractivity contribution is -0.122. The van der Waals surface area contributed by atoms with Crippen molar-refractivity contribution in [3.8, 4) is 0 Å². The third-order valence-corrected chi connectivity index (χ3v) is 5.55. The van der Waals surface area contributed by atoms with Crippen LogP contribution >= 0.6 is 11.6 Å². The van der Waals surface area contributed by atoms with Crippen LogP contribution in [0.15, 0.2) is 60.7 Å². The Hall–Kier alpha value is -3.45. The van der Waals surface area contributed by atoms with Crippen LogP contribution in [0, 0.1) is 11.8 Å². The molecular formula is C23H19ClN2O5. The number of rotatable bonds is 5. The van der Waals surface area contributed by atoms with Crippen LogP contribution in [0.3, 0.4) is 0 Å². The summed E-state index contributed by atoms with van der Waals surface area (Å²) in [6.45, 7) is -0.466. The molecule has 7 nitrogen and oxygen atoms in total. The van der Waals surface area contributed by atoms with Gasteiger partial charge >= 0.3 is 5.97 Å². The molecule has 1 aliphatic carbocycles. The SMILES string of the molecule is O=C(COC(=O)c1ccc(N2C(=O)[C@H]3CC=CC[C@@H]3C2=O)cc1)Nc1cccc(Cl)c1. The summed E-state index contributed by atoms with van der Waals surface area (Å²) in [5.41, 5.74) is 1.12. The van der Waals surface area contributed by atoms with Gasteiger partial charge in [-0.3, -0.25) is 19.3 Å². The Morgan fingerprint density at radius 3 is 2.26 bits per heavy atom. The van der Waals surface area contributed by atoms with Crippen molar-refractivity contribution in [2.75, 3.05) is 16.8 Å². The summed E-state index contributed by atoms with van der Waals surface area (Å²) in [5.74, 6) is -2.26. The molecule has 1 N–H and O–H groups in total. The molecule has 0 unspecified atom stereocenters. The molecule has 2 aromatic rings. The first-order chi connectivity index (χ1) is 14.9. The Kier molecular flexibility index (Phi) is 5.86. The monoisotopic (exact) mass is 438 g/mol. The average Bonchev–Trinajstić information content (AvgIpc) is 3.02. The molecule has 1 heterocycles. The maximum absolute atomic E-state index is 12.6.